The fourth-order valence-corrected chi connectivity index (χ4v) is 2.28. The number of anilines is 1. The van der Waals surface area contributed by atoms with Gasteiger partial charge < -0.3 is 11.5 Å². The minimum atomic E-state index is -0.629. The molecule has 1 heterocycles. The Morgan fingerprint density at radius 3 is 2.72 bits per heavy atom. The van der Waals surface area contributed by atoms with Crippen LogP contribution >= 0.6 is 15.9 Å². The number of hydrogen-bond donors (Lipinski definition) is 2. The number of benzene rings is 1. The molecule has 94 valence electrons. The largest absolute Gasteiger partial charge is 0.383 e. The highest BCUT2D eigenvalue weighted by molar-refractivity contribution is 9.10. The molecule has 0 saturated carbocycles. The summed E-state index contributed by atoms with van der Waals surface area (Å²) in [5, 5.41) is 0. The first kappa shape index (κ1) is 13.0. The van der Waals surface area contributed by atoms with E-state index in [9.17, 15) is 4.39 Å². The van der Waals surface area contributed by atoms with Gasteiger partial charge in [-0.15, -0.1) is 0 Å². The molecule has 5 heteroatoms. The van der Waals surface area contributed by atoms with Crippen molar-refractivity contribution < 1.29 is 4.39 Å². The number of pyridine rings is 1. The van der Waals surface area contributed by atoms with Gasteiger partial charge in [0.05, 0.1) is 6.04 Å². The van der Waals surface area contributed by atoms with E-state index in [-0.39, 0.29) is 5.82 Å². The molecule has 0 aliphatic heterocycles. The van der Waals surface area contributed by atoms with Gasteiger partial charge in [-0.3, -0.25) is 0 Å². The molecule has 0 aliphatic rings. The van der Waals surface area contributed by atoms with Crippen LogP contribution < -0.4 is 11.5 Å². The zero-order chi connectivity index (χ0) is 13.3. The van der Waals surface area contributed by atoms with Crippen molar-refractivity contribution in [3.05, 3.63) is 57.4 Å². The van der Waals surface area contributed by atoms with E-state index in [1.165, 1.54) is 6.07 Å². The van der Waals surface area contributed by atoms with Crippen LogP contribution in [0.2, 0.25) is 0 Å². The molecule has 1 aromatic heterocycles. The molecule has 4 N–H and O–H groups in total. The van der Waals surface area contributed by atoms with E-state index in [1.807, 2.05) is 6.92 Å². The number of nitrogen functional groups attached to an aromatic ring is 1. The first-order valence-electron chi connectivity index (χ1n) is 5.42. The molecule has 0 radical (unpaired) electrons. The Bertz CT molecular complexity index is 566. The molecule has 18 heavy (non-hydrogen) atoms. The summed E-state index contributed by atoms with van der Waals surface area (Å²) in [5.74, 6) is -0.0183. The molecule has 0 fully saturated rings. The molecule has 1 atom stereocenters. The van der Waals surface area contributed by atoms with Gasteiger partial charge in [-0.2, -0.15) is 0 Å². The van der Waals surface area contributed by atoms with Gasteiger partial charge in [-0.25, -0.2) is 9.37 Å². The second-order valence-corrected chi connectivity index (χ2v) is 4.99. The summed E-state index contributed by atoms with van der Waals surface area (Å²) in [7, 11) is 0. The number of aryl methyl sites for hydroxylation is 1. The number of rotatable bonds is 2. The van der Waals surface area contributed by atoms with Crippen LogP contribution in [0.3, 0.4) is 0 Å². The maximum atomic E-state index is 13.8. The Labute approximate surface area is 113 Å². The topological polar surface area (TPSA) is 64.9 Å². The summed E-state index contributed by atoms with van der Waals surface area (Å²) in [4.78, 5) is 4.00. The number of nitrogens with zero attached hydrogens (tertiary/aromatic N) is 1. The third-order valence-electron chi connectivity index (χ3n) is 2.84. The number of hydrogen-bond acceptors (Lipinski definition) is 3. The SMILES string of the molecule is Cc1ccnc(N)c1C(N)c1cc(Br)ccc1F. The lowest BCUT2D eigenvalue weighted by Crippen LogP contribution is -2.17. The third kappa shape index (κ3) is 2.37. The average Bonchev–Trinajstić information content (AvgIpc) is 2.32. The van der Waals surface area contributed by atoms with Crippen molar-refractivity contribution >= 4 is 21.7 Å². The van der Waals surface area contributed by atoms with Crippen molar-refractivity contribution in [2.75, 3.05) is 5.73 Å². The van der Waals surface area contributed by atoms with E-state index < -0.39 is 6.04 Å². The quantitative estimate of drug-likeness (QED) is 0.896. The molecule has 0 saturated heterocycles. The lowest BCUT2D eigenvalue weighted by molar-refractivity contribution is 0.599. The second kappa shape index (κ2) is 5.04. The van der Waals surface area contributed by atoms with Crippen molar-refractivity contribution in [2.24, 2.45) is 5.73 Å². The van der Waals surface area contributed by atoms with Crippen molar-refractivity contribution in [3.8, 4) is 0 Å². The summed E-state index contributed by atoms with van der Waals surface area (Å²) in [6.45, 7) is 1.88. The standard InChI is InChI=1S/C13H13BrFN3/c1-7-4-5-18-13(17)11(7)12(16)9-6-8(14)2-3-10(9)15/h2-6,12H,16H2,1H3,(H2,17,18). The third-order valence-corrected chi connectivity index (χ3v) is 3.34. The predicted molar refractivity (Wildman–Crippen MR) is 73.5 cm³/mol. The van der Waals surface area contributed by atoms with Crippen LogP contribution in [0, 0.1) is 12.7 Å². The highest BCUT2D eigenvalue weighted by Crippen LogP contribution is 2.29. The highest BCUT2D eigenvalue weighted by Gasteiger charge is 2.18. The van der Waals surface area contributed by atoms with Gasteiger partial charge in [0, 0.05) is 21.8 Å². The molecule has 2 aromatic rings. The van der Waals surface area contributed by atoms with E-state index >= 15 is 0 Å². The molecule has 1 aromatic carbocycles. The number of halogens is 2. The molecule has 0 spiro atoms. The predicted octanol–water partition coefficient (Wildman–Crippen LogP) is 2.92. The molecular weight excluding hydrogens is 297 g/mol. The molecule has 0 amide bonds. The zero-order valence-corrected chi connectivity index (χ0v) is 11.4. The minimum absolute atomic E-state index is 0.335. The summed E-state index contributed by atoms with van der Waals surface area (Å²) >= 11 is 3.31. The van der Waals surface area contributed by atoms with Gasteiger partial charge in [-0.1, -0.05) is 15.9 Å². The number of aromatic nitrogens is 1. The maximum Gasteiger partial charge on any atom is 0.128 e. The molecule has 2 rings (SSSR count). The average molecular weight is 310 g/mol. The van der Waals surface area contributed by atoms with Crippen molar-refractivity contribution in [2.45, 2.75) is 13.0 Å². The normalized spacial score (nSPS) is 12.4. The van der Waals surface area contributed by atoms with E-state index in [0.29, 0.717) is 16.9 Å². The summed E-state index contributed by atoms with van der Waals surface area (Å²) in [6.07, 6.45) is 1.61. The fraction of sp³-hybridized carbons (Fsp3) is 0.154. The van der Waals surface area contributed by atoms with Gasteiger partial charge in [0.15, 0.2) is 0 Å². The van der Waals surface area contributed by atoms with Gasteiger partial charge in [0.1, 0.15) is 11.6 Å². The highest BCUT2D eigenvalue weighted by atomic mass is 79.9. The summed E-state index contributed by atoms with van der Waals surface area (Å²) in [5.41, 5.74) is 13.9. The summed E-state index contributed by atoms with van der Waals surface area (Å²) < 4.78 is 14.6. The van der Waals surface area contributed by atoms with Gasteiger partial charge >= 0.3 is 0 Å². The Morgan fingerprint density at radius 1 is 1.33 bits per heavy atom. The second-order valence-electron chi connectivity index (χ2n) is 4.07. The van der Waals surface area contributed by atoms with Crippen molar-refractivity contribution in [1.82, 2.24) is 4.98 Å². The van der Waals surface area contributed by atoms with Crippen LogP contribution in [0.4, 0.5) is 10.2 Å². The Balaban J connectivity index is 2.54. The Morgan fingerprint density at radius 2 is 2.06 bits per heavy atom. The van der Waals surface area contributed by atoms with E-state index in [2.05, 4.69) is 20.9 Å². The van der Waals surface area contributed by atoms with Crippen LogP contribution in [-0.2, 0) is 0 Å². The van der Waals surface area contributed by atoms with Gasteiger partial charge in [0.25, 0.3) is 0 Å². The Kier molecular flexibility index (Phi) is 3.63. The fourth-order valence-electron chi connectivity index (χ4n) is 1.90. The lowest BCUT2D eigenvalue weighted by atomic mass is 9.96. The number of nitrogens with two attached hydrogens (primary N) is 2. The van der Waals surface area contributed by atoms with Crippen LogP contribution in [0.25, 0.3) is 0 Å². The Hall–Kier alpha value is -1.46. The van der Waals surface area contributed by atoms with E-state index in [4.69, 9.17) is 11.5 Å². The van der Waals surface area contributed by atoms with Crippen LogP contribution in [0.5, 0.6) is 0 Å². The minimum Gasteiger partial charge on any atom is -0.383 e. The first-order valence-corrected chi connectivity index (χ1v) is 6.21. The molecule has 1 unspecified atom stereocenters. The van der Waals surface area contributed by atoms with Gasteiger partial charge in [0.2, 0.25) is 0 Å². The smallest absolute Gasteiger partial charge is 0.128 e. The first-order chi connectivity index (χ1) is 8.50. The molecule has 3 nitrogen and oxygen atoms in total. The summed E-state index contributed by atoms with van der Waals surface area (Å²) in [6, 6.07) is 5.84. The zero-order valence-electron chi connectivity index (χ0n) is 9.82. The van der Waals surface area contributed by atoms with Crippen molar-refractivity contribution in [1.29, 1.82) is 0 Å². The van der Waals surface area contributed by atoms with E-state index in [1.54, 1.807) is 24.4 Å². The van der Waals surface area contributed by atoms with E-state index in [0.717, 1.165) is 10.0 Å². The van der Waals surface area contributed by atoms with Crippen LogP contribution in [0.1, 0.15) is 22.7 Å². The van der Waals surface area contributed by atoms with Crippen molar-refractivity contribution in [3.63, 3.8) is 0 Å². The monoisotopic (exact) mass is 309 g/mol. The maximum absolute atomic E-state index is 13.8. The molecule has 0 bridgehead atoms. The molecular formula is C13H13BrFN3. The lowest BCUT2D eigenvalue weighted by Gasteiger charge is -2.17. The van der Waals surface area contributed by atoms with Crippen LogP contribution in [-0.4, -0.2) is 4.98 Å². The van der Waals surface area contributed by atoms with Crippen LogP contribution in [0.15, 0.2) is 34.9 Å². The van der Waals surface area contributed by atoms with Gasteiger partial charge in [-0.05, 0) is 36.8 Å². The molecule has 0 aliphatic carbocycles.